The van der Waals surface area contributed by atoms with Gasteiger partial charge < -0.3 is 10.6 Å². The van der Waals surface area contributed by atoms with Crippen molar-refractivity contribution in [2.24, 2.45) is 5.73 Å². The number of halogens is 1. The van der Waals surface area contributed by atoms with Crippen molar-refractivity contribution in [3.05, 3.63) is 28.8 Å². The fourth-order valence-electron chi connectivity index (χ4n) is 1.58. The number of anilines is 1. The molecule has 0 saturated carbocycles. The quantitative estimate of drug-likeness (QED) is 0.824. The second-order valence-electron chi connectivity index (χ2n) is 3.17. The Balaban J connectivity index is 3.27. The predicted molar refractivity (Wildman–Crippen MR) is 70.9 cm³/mol. The summed E-state index contributed by atoms with van der Waals surface area (Å²) in [5, 5.41) is 0.618. The van der Waals surface area contributed by atoms with Crippen LogP contribution in [0.1, 0.15) is 19.4 Å². The Bertz CT molecular complexity index is 362. The molecule has 0 aliphatic carbocycles. The van der Waals surface area contributed by atoms with E-state index in [1.165, 1.54) is 0 Å². The number of nitrogens with zero attached hydrogens (tertiary/aromatic N) is 1. The van der Waals surface area contributed by atoms with Crippen LogP contribution in [0.4, 0.5) is 5.69 Å². The van der Waals surface area contributed by atoms with Gasteiger partial charge in [0.1, 0.15) is 4.99 Å². The van der Waals surface area contributed by atoms with E-state index in [9.17, 15) is 0 Å². The van der Waals surface area contributed by atoms with E-state index in [1.807, 2.05) is 18.2 Å². The first-order chi connectivity index (χ1) is 7.11. The summed E-state index contributed by atoms with van der Waals surface area (Å²) in [5.41, 5.74) is 7.47. The zero-order valence-corrected chi connectivity index (χ0v) is 10.5. The predicted octanol–water partition coefficient (Wildman–Crippen LogP) is 2.82. The van der Waals surface area contributed by atoms with Crippen LogP contribution >= 0.6 is 23.8 Å². The van der Waals surface area contributed by atoms with Crippen molar-refractivity contribution in [2.75, 3.05) is 18.0 Å². The van der Waals surface area contributed by atoms with Crippen LogP contribution < -0.4 is 10.6 Å². The summed E-state index contributed by atoms with van der Waals surface area (Å²) in [5.74, 6) is 0. The van der Waals surface area contributed by atoms with Gasteiger partial charge in [-0.3, -0.25) is 0 Å². The highest BCUT2D eigenvalue weighted by Crippen LogP contribution is 2.27. The molecule has 0 atom stereocenters. The van der Waals surface area contributed by atoms with Crippen LogP contribution in [-0.4, -0.2) is 18.1 Å². The minimum atomic E-state index is 0.350. The van der Waals surface area contributed by atoms with Crippen LogP contribution in [0.3, 0.4) is 0 Å². The van der Waals surface area contributed by atoms with Gasteiger partial charge in [0.15, 0.2) is 0 Å². The molecule has 0 aliphatic rings. The van der Waals surface area contributed by atoms with E-state index in [2.05, 4.69) is 18.7 Å². The number of benzene rings is 1. The highest BCUT2D eigenvalue weighted by Gasteiger charge is 2.13. The maximum Gasteiger partial charge on any atom is 0.107 e. The lowest BCUT2D eigenvalue weighted by Gasteiger charge is -2.24. The molecular weight excluding hydrogens is 228 g/mol. The molecule has 1 aromatic rings. The number of thiocarbonyl (C=S) groups is 1. The second-order valence-corrected chi connectivity index (χ2v) is 4.02. The Kier molecular flexibility index (Phi) is 4.36. The average molecular weight is 243 g/mol. The maximum atomic E-state index is 6.09. The third-order valence-electron chi connectivity index (χ3n) is 2.34. The topological polar surface area (TPSA) is 29.3 Å². The van der Waals surface area contributed by atoms with Crippen LogP contribution in [0.2, 0.25) is 5.02 Å². The normalized spacial score (nSPS) is 10.1. The van der Waals surface area contributed by atoms with Crippen molar-refractivity contribution in [1.29, 1.82) is 0 Å². The number of rotatable bonds is 4. The molecule has 2 nitrogen and oxygen atoms in total. The molecule has 1 aromatic carbocycles. The summed E-state index contributed by atoms with van der Waals surface area (Å²) in [6.07, 6.45) is 0. The van der Waals surface area contributed by atoms with Crippen molar-refractivity contribution >= 4 is 34.5 Å². The fraction of sp³-hybridized carbons (Fsp3) is 0.364. The maximum absolute atomic E-state index is 6.09. The molecular formula is C11H15ClN2S. The van der Waals surface area contributed by atoms with Crippen LogP contribution in [0, 0.1) is 0 Å². The summed E-state index contributed by atoms with van der Waals surface area (Å²) < 4.78 is 0. The van der Waals surface area contributed by atoms with E-state index in [0.29, 0.717) is 10.0 Å². The second kappa shape index (κ2) is 5.33. The minimum Gasteiger partial charge on any atom is -0.389 e. The summed E-state index contributed by atoms with van der Waals surface area (Å²) in [6.45, 7) is 6.00. The lowest BCUT2D eigenvalue weighted by molar-refractivity contribution is 0.865. The third-order valence-corrected chi connectivity index (χ3v) is 2.86. The molecule has 0 saturated heterocycles. The van der Waals surface area contributed by atoms with Gasteiger partial charge in [-0.15, -0.1) is 0 Å². The lowest BCUT2D eigenvalue weighted by Crippen LogP contribution is -2.25. The molecule has 15 heavy (non-hydrogen) atoms. The van der Waals surface area contributed by atoms with Crippen molar-refractivity contribution in [3.8, 4) is 0 Å². The van der Waals surface area contributed by atoms with Gasteiger partial charge >= 0.3 is 0 Å². The minimum absolute atomic E-state index is 0.350. The number of hydrogen-bond acceptors (Lipinski definition) is 2. The van der Waals surface area contributed by atoms with E-state index in [4.69, 9.17) is 29.6 Å². The van der Waals surface area contributed by atoms with Crippen molar-refractivity contribution in [3.63, 3.8) is 0 Å². The Morgan fingerprint density at radius 2 is 2.00 bits per heavy atom. The summed E-state index contributed by atoms with van der Waals surface area (Å²) >= 11 is 11.1. The number of nitrogens with two attached hydrogens (primary N) is 1. The fourth-order valence-corrected chi connectivity index (χ4v) is 2.13. The van der Waals surface area contributed by atoms with Gasteiger partial charge in [0.05, 0.1) is 10.6 Å². The first kappa shape index (κ1) is 12.3. The summed E-state index contributed by atoms with van der Waals surface area (Å²) in [7, 11) is 0. The van der Waals surface area contributed by atoms with Crippen molar-refractivity contribution in [2.45, 2.75) is 13.8 Å². The SMILES string of the molecule is CCN(CC)c1cccc(Cl)c1C(N)=S. The van der Waals surface area contributed by atoms with Crippen LogP contribution in [-0.2, 0) is 0 Å². The zero-order valence-electron chi connectivity index (χ0n) is 8.96. The molecule has 2 N–H and O–H groups in total. The highest BCUT2D eigenvalue weighted by atomic mass is 35.5. The summed E-state index contributed by atoms with van der Waals surface area (Å²) in [6, 6.07) is 5.72. The van der Waals surface area contributed by atoms with E-state index in [-0.39, 0.29) is 0 Å². The lowest BCUT2D eigenvalue weighted by atomic mass is 10.1. The average Bonchev–Trinajstić information content (AvgIpc) is 2.19. The Labute approximate surface area is 101 Å². The Hall–Kier alpha value is -0.800. The van der Waals surface area contributed by atoms with Gasteiger partial charge in [0.2, 0.25) is 0 Å². The van der Waals surface area contributed by atoms with Crippen LogP contribution in [0.25, 0.3) is 0 Å². The highest BCUT2D eigenvalue weighted by molar-refractivity contribution is 7.80. The van der Waals surface area contributed by atoms with Gasteiger partial charge in [-0.1, -0.05) is 29.9 Å². The first-order valence-corrected chi connectivity index (χ1v) is 5.73. The molecule has 0 radical (unpaired) electrons. The monoisotopic (exact) mass is 242 g/mol. The van der Waals surface area contributed by atoms with E-state index in [0.717, 1.165) is 24.3 Å². The molecule has 0 heterocycles. The molecule has 0 bridgehead atoms. The molecule has 82 valence electrons. The van der Waals surface area contributed by atoms with Crippen LogP contribution in [0.15, 0.2) is 18.2 Å². The molecule has 0 aromatic heterocycles. The Morgan fingerprint density at radius 1 is 1.40 bits per heavy atom. The molecule has 0 spiro atoms. The van der Waals surface area contributed by atoms with Crippen molar-refractivity contribution < 1.29 is 0 Å². The smallest absolute Gasteiger partial charge is 0.107 e. The first-order valence-electron chi connectivity index (χ1n) is 4.95. The third kappa shape index (κ3) is 2.61. The van der Waals surface area contributed by atoms with Gasteiger partial charge in [-0.2, -0.15) is 0 Å². The van der Waals surface area contributed by atoms with Gasteiger partial charge in [0, 0.05) is 18.8 Å². The largest absolute Gasteiger partial charge is 0.389 e. The van der Waals surface area contributed by atoms with Gasteiger partial charge in [-0.25, -0.2) is 0 Å². The van der Waals surface area contributed by atoms with E-state index >= 15 is 0 Å². The summed E-state index contributed by atoms with van der Waals surface area (Å²) in [4.78, 5) is 2.53. The van der Waals surface area contributed by atoms with E-state index < -0.39 is 0 Å². The standard InChI is InChI=1S/C11H15ClN2S/c1-3-14(4-2)9-7-5-6-8(12)10(9)11(13)15/h5-7H,3-4H2,1-2H3,(H2,13,15). The van der Waals surface area contributed by atoms with E-state index in [1.54, 1.807) is 0 Å². The molecule has 0 unspecified atom stereocenters. The van der Waals surface area contributed by atoms with Gasteiger partial charge in [-0.05, 0) is 26.0 Å². The Morgan fingerprint density at radius 3 is 2.47 bits per heavy atom. The number of hydrogen-bond donors (Lipinski definition) is 1. The van der Waals surface area contributed by atoms with Crippen molar-refractivity contribution in [1.82, 2.24) is 0 Å². The van der Waals surface area contributed by atoms with Crippen LogP contribution in [0.5, 0.6) is 0 Å². The molecule has 0 amide bonds. The zero-order chi connectivity index (χ0) is 11.4. The molecule has 4 heteroatoms. The van der Waals surface area contributed by atoms with Gasteiger partial charge in [0.25, 0.3) is 0 Å². The molecule has 0 aliphatic heterocycles. The molecule has 1 rings (SSSR count). The molecule has 0 fully saturated rings.